The smallest absolute Gasteiger partial charge is 0.239 e. The van der Waals surface area contributed by atoms with Gasteiger partial charge in [-0.05, 0) is 25.8 Å². The summed E-state index contributed by atoms with van der Waals surface area (Å²) in [6.45, 7) is 6.04. The number of nitrogens with two attached hydrogens (primary N) is 1. The van der Waals surface area contributed by atoms with Crippen molar-refractivity contribution in [2.75, 3.05) is 39.3 Å². The summed E-state index contributed by atoms with van der Waals surface area (Å²) in [5, 5.41) is 3.35. The molecule has 3 aliphatic rings. The monoisotopic (exact) mass is 238 g/mol. The number of carbonyl (C=O) groups is 1. The molecule has 0 bridgehead atoms. The lowest BCUT2D eigenvalue weighted by atomic mass is 9.85. The molecule has 0 spiro atoms. The van der Waals surface area contributed by atoms with Gasteiger partial charge in [-0.3, -0.25) is 14.6 Å². The normalized spacial score (nSPS) is 39.4. The van der Waals surface area contributed by atoms with Gasteiger partial charge in [0.25, 0.3) is 0 Å². The van der Waals surface area contributed by atoms with Gasteiger partial charge >= 0.3 is 0 Å². The van der Waals surface area contributed by atoms with Crippen LogP contribution in [0.1, 0.15) is 19.3 Å². The standard InChI is InChI=1S/C12H22N4O/c13-11(17)12(16-8-4-14-5-9-16)3-7-15-6-1-2-10(12)15/h10,14H,1-9H2,(H2,13,17). The third-order valence-corrected chi connectivity index (χ3v) is 4.80. The van der Waals surface area contributed by atoms with E-state index in [1.54, 1.807) is 0 Å². The maximum absolute atomic E-state index is 12.1. The predicted molar refractivity (Wildman–Crippen MR) is 65.6 cm³/mol. The molecule has 3 aliphatic heterocycles. The lowest BCUT2D eigenvalue weighted by Crippen LogP contribution is -2.66. The largest absolute Gasteiger partial charge is 0.368 e. The number of carbonyl (C=O) groups excluding carboxylic acids is 1. The predicted octanol–water partition coefficient (Wildman–Crippen LogP) is -1.02. The lowest BCUT2D eigenvalue weighted by molar-refractivity contribution is -0.132. The Bertz CT molecular complexity index is 316. The first-order valence-corrected chi connectivity index (χ1v) is 6.75. The molecule has 5 nitrogen and oxygen atoms in total. The molecule has 0 aromatic rings. The minimum atomic E-state index is -0.376. The molecule has 1 amide bonds. The van der Waals surface area contributed by atoms with Gasteiger partial charge in [0.2, 0.25) is 5.91 Å². The topological polar surface area (TPSA) is 61.6 Å². The van der Waals surface area contributed by atoms with E-state index in [0.29, 0.717) is 6.04 Å². The van der Waals surface area contributed by atoms with Crippen LogP contribution in [0.4, 0.5) is 0 Å². The SMILES string of the molecule is NC(=O)C1(N2CCNCC2)CCN2CCCC21. The highest BCUT2D eigenvalue weighted by atomic mass is 16.1. The fourth-order valence-electron chi connectivity index (χ4n) is 3.99. The van der Waals surface area contributed by atoms with Gasteiger partial charge < -0.3 is 11.1 Å². The Hall–Kier alpha value is -0.650. The zero-order valence-electron chi connectivity index (χ0n) is 10.3. The Kier molecular flexibility index (Phi) is 2.84. The molecule has 2 unspecified atom stereocenters. The van der Waals surface area contributed by atoms with Crippen LogP contribution in [0.5, 0.6) is 0 Å². The summed E-state index contributed by atoms with van der Waals surface area (Å²) in [5.74, 6) is -0.103. The highest BCUT2D eigenvalue weighted by Crippen LogP contribution is 2.40. The number of primary amides is 1. The average Bonchev–Trinajstić information content (AvgIpc) is 2.90. The minimum absolute atomic E-state index is 0.103. The first-order valence-electron chi connectivity index (χ1n) is 6.75. The van der Waals surface area contributed by atoms with Crippen molar-refractivity contribution in [3.8, 4) is 0 Å². The van der Waals surface area contributed by atoms with Crippen molar-refractivity contribution in [1.82, 2.24) is 15.1 Å². The zero-order valence-corrected chi connectivity index (χ0v) is 10.3. The second kappa shape index (κ2) is 4.23. The van der Waals surface area contributed by atoms with Crippen molar-refractivity contribution in [1.29, 1.82) is 0 Å². The fourth-order valence-corrected chi connectivity index (χ4v) is 3.99. The summed E-state index contributed by atoms with van der Waals surface area (Å²) in [5.41, 5.74) is 5.42. The number of amides is 1. The fraction of sp³-hybridized carbons (Fsp3) is 0.917. The van der Waals surface area contributed by atoms with E-state index in [-0.39, 0.29) is 11.4 Å². The molecule has 17 heavy (non-hydrogen) atoms. The highest BCUT2D eigenvalue weighted by molar-refractivity contribution is 5.86. The van der Waals surface area contributed by atoms with E-state index in [0.717, 1.165) is 52.1 Å². The molecule has 5 heteroatoms. The molecule has 0 saturated carbocycles. The van der Waals surface area contributed by atoms with Crippen molar-refractivity contribution in [2.45, 2.75) is 30.8 Å². The molecule has 3 heterocycles. The summed E-state index contributed by atoms with van der Waals surface area (Å²) in [7, 11) is 0. The first-order chi connectivity index (χ1) is 8.25. The summed E-state index contributed by atoms with van der Waals surface area (Å²) in [4.78, 5) is 16.9. The van der Waals surface area contributed by atoms with E-state index >= 15 is 0 Å². The summed E-state index contributed by atoms with van der Waals surface area (Å²) >= 11 is 0. The summed E-state index contributed by atoms with van der Waals surface area (Å²) in [6.07, 6.45) is 3.27. The Morgan fingerprint density at radius 2 is 2.00 bits per heavy atom. The Labute approximate surface area is 102 Å². The third kappa shape index (κ3) is 1.60. The molecule has 0 aromatic heterocycles. The molecule has 96 valence electrons. The second-order valence-corrected chi connectivity index (χ2v) is 5.47. The van der Waals surface area contributed by atoms with Crippen LogP contribution in [0.2, 0.25) is 0 Å². The molecule has 0 radical (unpaired) electrons. The van der Waals surface area contributed by atoms with Gasteiger partial charge in [0.15, 0.2) is 0 Å². The highest BCUT2D eigenvalue weighted by Gasteiger charge is 2.56. The van der Waals surface area contributed by atoms with Crippen molar-refractivity contribution in [3.05, 3.63) is 0 Å². The van der Waals surface area contributed by atoms with E-state index in [1.807, 2.05) is 0 Å². The van der Waals surface area contributed by atoms with Crippen molar-refractivity contribution in [2.24, 2.45) is 5.73 Å². The molecule has 3 rings (SSSR count). The molecule has 2 atom stereocenters. The van der Waals surface area contributed by atoms with Gasteiger partial charge in [-0.15, -0.1) is 0 Å². The van der Waals surface area contributed by atoms with Gasteiger partial charge in [0.05, 0.1) is 0 Å². The molecular formula is C12H22N4O. The van der Waals surface area contributed by atoms with Crippen LogP contribution < -0.4 is 11.1 Å². The second-order valence-electron chi connectivity index (χ2n) is 5.47. The Balaban J connectivity index is 1.89. The van der Waals surface area contributed by atoms with Crippen molar-refractivity contribution < 1.29 is 4.79 Å². The number of hydrogen-bond acceptors (Lipinski definition) is 4. The van der Waals surface area contributed by atoms with Crippen LogP contribution in [-0.2, 0) is 4.79 Å². The lowest BCUT2D eigenvalue weighted by Gasteiger charge is -2.44. The Morgan fingerprint density at radius 3 is 2.71 bits per heavy atom. The minimum Gasteiger partial charge on any atom is -0.368 e. The van der Waals surface area contributed by atoms with E-state index in [4.69, 9.17) is 5.73 Å². The summed E-state index contributed by atoms with van der Waals surface area (Å²) in [6, 6.07) is 0.373. The van der Waals surface area contributed by atoms with E-state index < -0.39 is 0 Å². The van der Waals surface area contributed by atoms with Crippen LogP contribution in [-0.4, -0.2) is 66.6 Å². The molecule has 0 aliphatic carbocycles. The van der Waals surface area contributed by atoms with Gasteiger partial charge in [-0.1, -0.05) is 0 Å². The first kappa shape index (κ1) is 11.4. The maximum Gasteiger partial charge on any atom is 0.239 e. The maximum atomic E-state index is 12.1. The zero-order chi connectivity index (χ0) is 11.9. The molecule has 3 saturated heterocycles. The number of piperazine rings is 1. The van der Waals surface area contributed by atoms with Crippen LogP contribution >= 0.6 is 0 Å². The van der Waals surface area contributed by atoms with Gasteiger partial charge in [-0.2, -0.15) is 0 Å². The number of nitrogens with one attached hydrogen (secondary N) is 1. The van der Waals surface area contributed by atoms with E-state index in [1.165, 1.54) is 6.42 Å². The van der Waals surface area contributed by atoms with Crippen LogP contribution in [0.3, 0.4) is 0 Å². The number of fused-ring (bicyclic) bond motifs is 1. The van der Waals surface area contributed by atoms with Crippen molar-refractivity contribution in [3.63, 3.8) is 0 Å². The molecule has 3 fully saturated rings. The molecule has 3 N–H and O–H groups in total. The summed E-state index contributed by atoms with van der Waals surface area (Å²) < 4.78 is 0. The third-order valence-electron chi connectivity index (χ3n) is 4.80. The van der Waals surface area contributed by atoms with Crippen LogP contribution in [0, 0.1) is 0 Å². The van der Waals surface area contributed by atoms with E-state index in [2.05, 4.69) is 15.1 Å². The molecular weight excluding hydrogens is 216 g/mol. The van der Waals surface area contributed by atoms with Gasteiger partial charge in [-0.25, -0.2) is 0 Å². The van der Waals surface area contributed by atoms with Crippen LogP contribution in [0.25, 0.3) is 0 Å². The molecule has 0 aromatic carbocycles. The Morgan fingerprint density at radius 1 is 1.24 bits per heavy atom. The van der Waals surface area contributed by atoms with Crippen LogP contribution in [0.15, 0.2) is 0 Å². The number of hydrogen-bond donors (Lipinski definition) is 2. The van der Waals surface area contributed by atoms with Gasteiger partial charge in [0.1, 0.15) is 5.54 Å². The average molecular weight is 238 g/mol. The van der Waals surface area contributed by atoms with Gasteiger partial charge in [0, 0.05) is 38.8 Å². The van der Waals surface area contributed by atoms with E-state index in [9.17, 15) is 4.79 Å². The number of nitrogens with zero attached hydrogens (tertiary/aromatic N) is 2. The number of rotatable bonds is 2. The van der Waals surface area contributed by atoms with Crippen molar-refractivity contribution >= 4 is 5.91 Å². The quantitative estimate of drug-likeness (QED) is 0.647.